The van der Waals surface area contributed by atoms with E-state index in [-0.39, 0.29) is 5.91 Å². The number of azide groups is 1. The van der Waals surface area contributed by atoms with E-state index in [1.54, 1.807) is 24.3 Å². The highest BCUT2D eigenvalue weighted by Crippen LogP contribution is 2.15. The molecule has 84 valence electrons. The Balaban J connectivity index is 2.44. The van der Waals surface area contributed by atoms with Gasteiger partial charge >= 0.3 is 0 Å². The molecule has 1 N–H and O–H groups in total. The summed E-state index contributed by atoms with van der Waals surface area (Å²) in [5.41, 5.74) is 8.76. The van der Waals surface area contributed by atoms with Crippen molar-refractivity contribution < 1.29 is 9.53 Å². The summed E-state index contributed by atoms with van der Waals surface area (Å²) in [7, 11) is 0. The normalized spacial score (nSPS) is 9.06. The van der Waals surface area contributed by atoms with Crippen molar-refractivity contribution in [2.75, 3.05) is 18.5 Å². The third-order valence-corrected chi connectivity index (χ3v) is 1.70. The summed E-state index contributed by atoms with van der Waals surface area (Å²) in [5.74, 6) is 0.555. The molecule has 0 aliphatic carbocycles. The molecule has 16 heavy (non-hydrogen) atoms. The van der Waals surface area contributed by atoms with Gasteiger partial charge in [-0.2, -0.15) is 0 Å². The molecule has 0 aliphatic heterocycles. The zero-order chi connectivity index (χ0) is 11.8. The first kappa shape index (κ1) is 11.9. The van der Waals surface area contributed by atoms with Crippen LogP contribution in [0.3, 0.4) is 0 Å². The van der Waals surface area contributed by atoms with Gasteiger partial charge in [0.05, 0.1) is 13.2 Å². The van der Waals surface area contributed by atoms with Crippen molar-refractivity contribution in [1.29, 1.82) is 0 Å². The summed E-state index contributed by atoms with van der Waals surface area (Å²) in [6.45, 7) is 2.08. The largest absolute Gasteiger partial charge is 0.493 e. The molecule has 0 fully saturated rings. The van der Waals surface area contributed by atoms with Crippen LogP contribution in [0.4, 0.5) is 5.69 Å². The van der Waals surface area contributed by atoms with Crippen LogP contribution < -0.4 is 10.1 Å². The molecule has 0 saturated carbocycles. The van der Waals surface area contributed by atoms with Crippen LogP contribution in [0.1, 0.15) is 6.92 Å². The van der Waals surface area contributed by atoms with Gasteiger partial charge in [-0.3, -0.25) is 4.79 Å². The van der Waals surface area contributed by atoms with Gasteiger partial charge in [-0.1, -0.05) is 5.11 Å². The van der Waals surface area contributed by atoms with Crippen LogP contribution in [0.15, 0.2) is 29.4 Å². The Labute approximate surface area is 92.8 Å². The Morgan fingerprint density at radius 2 is 2.19 bits per heavy atom. The number of carbonyl (C=O) groups excluding carboxylic acids is 1. The lowest BCUT2D eigenvalue weighted by Crippen LogP contribution is -2.05. The van der Waals surface area contributed by atoms with E-state index < -0.39 is 0 Å². The van der Waals surface area contributed by atoms with E-state index in [0.29, 0.717) is 18.9 Å². The van der Waals surface area contributed by atoms with Crippen LogP contribution in [0.2, 0.25) is 0 Å². The SMILES string of the molecule is CC(=O)Nc1ccc(OCCN=[N+]=[N-])cc1. The lowest BCUT2D eigenvalue weighted by Gasteiger charge is -2.05. The van der Waals surface area contributed by atoms with Gasteiger partial charge in [-0.05, 0) is 29.8 Å². The number of ether oxygens (including phenoxy) is 1. The molecule has 0 aliphatic rings. The zero-order valence-electron chi connectivity index (χ0n) is 8.88. The molecule has 1 amide bonds. The van der Waals surface area contributed by atoms with E-state index in [2.05, 4.69) is 15.3 Å². The number of amides is 1. The minimum atomic E-state index is -0.114. The summed E-state index contributed by atoms with van der Waals surface area (Å²) < 4.78 is 5.29. The predicted octanol–water partition coefficient (Wildman–Crippen LogP) is 2.33. The molecule has 6 nitrogen and oxygen atoms in total. The van der Waals surface area contributed by atoms with Gasteiger partial charge < -0.3 is 10.1 Å². The van der Waals surface area contributed by atoms with Crippen molar-refractivity contribution in [3.8, 4) is 5.75 Å². The molecule has 0 radical (unpaired) electrons. The van der Waals surface area contributed by atoms with Gasteiger partial charge in [0.15, 0.2) is 0 Å². The summed E-state index contributed by atoms with van der Waals surface area (Å²) >= 11 is 0. The number of hydrogen-bond donors (Lipinski definition) is 1. The van der Waals surface area contributed by atoms with Crippen LogP contribution in [0.25, 0.3) is 10.4 Å². The predicted molar refractivity (Wildman–Crippen MR) is 60.3 cm³/mol. The van der Waals surface area contributed by atoms with Gasteiger partial charge in [0.1, 0.15) is 5.75 Å². The molecule has 1 rings (SSSR count). The molecule has 1 aromatic carbocycles. The second-order valence-corrected chi connectivity index (χ2v) is 3.01. The Morgan fingerprint density at radius 1 is 1.50 bits per heavy atom. The van der Waals surface area contributed by atoms with Gasteiger partial charge in [0, 0.05) is 17.5 Å². The topological polar surface area (TPSA) is 87.1 Å². The fourth-order valence-corrected chi connectivity index (χ4v) is 1.09. The Morgan fingerprint density at radius 3 is 2.75 bits per heavy atom. The van der Waals surface area contributed by atoms with Gasteiger partial charge in [0.25, 0.3) is 0 Å². The highest BCUT2D eigenvalue weighted by atomic mass is 16.5. The first-order valence-corrected chi connectivity index (χ1v) is 4.73. The summed E-state index contributed by atoms with van der Waals surface area (Å²) in [6.07, 6.45) is 0. The van der Waals surface area contributed by atoms with Crippen molar-refractivity contribution in [3.05, 3.63) is 34.7 Å². The van der Waals surface area contributed by atoms with E-state index in [1.165, 1.54) is 6.92 Å². The average molecular weight is 220 g/mol. The highest BCUT2D eigenvalue weighted by Gasteiger charge is 1.96. The highest BCUT2D eigenvalue weighted by molar-refractivity contribution is 5.88. The fraction of sp³-hybridized carbons (Fsp3) is 0.300. The molecule has 0 atom stereocenters. The smallest absolute Gasteiger partial charge is 0.221 e. The number of nitrogens with one attached hydrogen (secondary N) is 1. The monoisotopic (exact) mass is 220 g/mol. The Kier molecular flexibility index (Phi) is 4.69. The summed E-state index contributed by atoms with van der Waals surface area (Å²) in [6, 6.07) is 6.96. The Bertz CT molecular complexity index is 396. The van der Waals surface area contributed by atoms with Crippen molar-refractivity contribution in [2.24, 2.45) is 5.11 Å². The number of nitrogens with zero attached hydrogens (tertiary/aromatic N) is 3. The average Bonchev–Trinajstić information content (AvgIpc) is 2.26. The van der Waals surface area contributed by atoms with E-state index >= 15 is 0 Å². The molecule has 0 heterocycles. The van der Waals surface area contributed by atoms with Crippen LogP contribution in [-0.2, 0) is 4.79 Å². The van der Waals surface area contributed by atoms with Crippen molar-refractivity contribution in [3.63, 3.8) is 0 Å². The maximum absolute atomic E-state index is 10.8. The first-order valence-electron chi connectivity index (χ1n) is 4.73. The van der Waals surface area contributed by atoms with E-state index in [9.17, 15) is 4.79 Å². The molecule has 0 spiro atoms. The lowest BCUT2D eigenvalue weighted by atomic mass is 10.3. The second-order valence-electron chi connectivity index (χ2n) is 3.01. The standard InChI is InChI=1S/C10H12N4O2/c1-8(15)13-9-2-4-10(5-3-9)16-7-6-12-14-11/h2-5H,6-7H2,1H3,(H,13,15). The van der Waals surface area contributed by atoms with Crippen LogP contribution in [0.5, 0.6) is 5.75 Å². The van der Waals surface area contributed by atoms with Crippen molar-refractivity contribution in [2.45, 2.75) is 6.92 Å². The maximum atomic E-state index is 10.8. The second kappa shape index (κ2) is 6.31. The van der Waals surface area contributed by atoms with Crippen molar-refractivity contribution >= 4 is 11.6 Å². The zero-order valence-corrected chi connectivity index (χ0v) is 8.88. The van der Waals surface area contributed by atoms with Gasteiger partial charge in [-0.25, -0.2) is 0 Å². The quantitative estimate of drug-likeness (QED) is 0.357. The molecule has 0 bridgehead atoms. The number of benzene rings is 1. The number of hydrogen-bond acceptors (Lipinski definition) is 3. The third-order valence-electron chi connectivity index (χ3n) is 1.70. The molecular formula is C10H12N4O2. The number of rotatable bonds is 5. The lowest BCUT2D eigenvalue weighted by molar-refractivity contribution is -0.114. The van der Waals surface area contributed by atoms with E-state index in [0.717, 1.165) is 5.69 Å². The molecule has 0 saturated heterocycles. The first-order chi connectivity index (χ1) is 7.72. The molecular weight excluding hydrogens is 208 g/mol. The van der Waals surface area contributed by atoms with Crippen molar-refractivity contribution in [1.82, 2.24) is 0 Å². The summed E-state index contributed by atoms with van der Waals surface area (Å²) in [5, 5.41) is 5.99. The third kappa shape index (κ3) is 4.34. The molecule has 6 heteroatoms. The van der Waals surface area contributed by atoms with Gasteiger partial charge in [0.2, 0.25) is 5.91 Å². The van der Waals surface area contributed by atoms with Crippen LogP contribution in [0, 0.1) is 0 Å². The van der Waals surface area contributed by atoms with Crippen LogP contribution >= 0.6 is 0 Å². The van der Waals surface area contributed by atoms with E-state index in [4.69, 9.17) is 10.3 Å². The number of carbonyl (C=O) groups is 1. The number of anilines is 1. The molecule has 0 unspecified atom stereocenters. The fourth-order valence-electron chi connectivity index (χ4n) is 1.09. The maximum Gasteiger partial charge on any atom is 0.221 e. The summed E-state index contributed by atoms with van der Waals surface area (Å²) in [4.78, 5) is 13.4. The molecule has 0 aromatic heterocycles. The van der Waals surface area contributed by atoms with E-state index in [1.807, 2.05) is 0 Å². The minimum Gasteiger partial charge on any atom is -0.493 e. The molecule has 1 aromatic rings. The minimum absolute atomic E-state index is 0.114. The van der Waals surface area contributed by atoms with Gasteiger partial charge in [-0.15, -0.1) is 0 Å². The van der Waals surface area contributed by atoms with Crippen LogP contribution in [-0.4, -0.2) is 19.1 Å². The Hall–Kier alpha value is -2.20.